The van der Waals surface area contributed by atoms with E-state index in [2.05, 4.69) is 14.9 Å². The van der Waals surface area contributed by atoms with Gasteiger partial charge in [-0.3, -0.25) is 9.88 Å². The van der Waals surface area contributed by atoms with Gasteiger partial charge in [-0.15, -0.1) is 0 Å². The smallest absolute Gasteiger partial charge is 0.319 e. The largest absolute Gasteiger partial charge is 0.461 e. The molecule has 4 aromatic rings. The Hall–Kier alpha value is -3.17. The average molecular weight is 594 g/mol. The Morgan fingerprint density at radius 1 is 1.05 bits per heavy atom. The molecule has 0 N–H and O–H groups in total. The Kier molecular flexibility index (Phi) is 6.09. The van der Waals surface area contributed by atoms with Crippen molar-refractivity contribution in [1.29, 1.82) is 0 Å². The number of fused-ring (bicyclic) bond motifs is 5. The summed E-state index contributed by atoms with van der Waals surface area (Å²) < 4.78 is 51.6. The number of halogens is 4. The van der Waals surface area contributed by atoms with Crippen molar-refractivity contribution in [3.8, 4) is 17.3 Å². The number of aromatic nitrogens is 3. The quantitative estimate of drug-likeness (QED) is 0.245. The van der Waals surface area contributed by atoms with Crippen LogP contribution in [0.1, 0.15) is 38.5 Å². The Morgan fingerprint density at radius 3 is 2.64 bits per heavy atom. The van der Waals surface area contributed by atoms with Crippen molar-refractivity contribution in [1.82, 2.24) is 19.9 Å². The molecule has 3 aliphatic heterocycles. The van der Waals surface area contributed by atoms with Crippen molar-refractivity contribution >= 4 is 39.1 Å². The van der Waals surface area contributed by atoms with E-state index >= 15 is 4.39 Å². The molecule has 6 nitrogen and oxygen atoms in total. The number of nitrogens with zero attached hydrogens (tertiary/aromatic N) is 5. The normalized spacial score (nSPS) is 26.8. The Morgan fingerprint density at radius 2 is 1.83 bits per heavy atom. The number of alkyl halides is 2. The van der Waals surface area contributed by atoms with Crippen LogP contribution in [-0.2, 0) is 0 Å². The molecular weight excluding hydrogens is 563 g/mol. The molecule has 42 heavy (non-hydrogen) atoms. The van der Waals surface area contributed by atoms with Gasteiger partial charge in [-0.2, -0.15) is 9.97 Å². The van der Waals surface area contributed by atoms with E-state index in [1.807, 2.05) is 29.2 Å². The fourth-order valence-electron chi connectivity index (χ4n) is 8.06. The Balaban J connectivity index is 1.24. The monoisotopic (exact) mass is 593 g/mol. The maximum atomic E-state index is 16.6. The molecule has 0 spiro atoms. The van der Waals surface area contributed by atoms with E-state index in [-0.39, 0.29) is 36.8 Å². The van der Waals surface area contributed by atoms with Crippen LogP contribution in [0.4, 0.5) is 19.0 Å². The predicted octanol–water partition coefficient (Wildman–Crippen LogP) is 7.13. The summed E-state index contributed by atoms with van der Waals surface area (Å²) in [7, 11) is 0. The Bertz CT molecular complexity index is 1700. The zero-order valence-electron chi connectivity index (χ0n) is 23.1. The first-order valence-corrected chi connectivity index (χ1v) is 15.2. The molecule has 10 heteroatoms. The molecule has 2 aromatic heterocycles. The molecule has 4 aliphatic rings. The highest BCUT2D eigenvalue weighted by Crippen LogP contribution is 2.46. The summed E-state index contributed by atoms with van der Waals surface area (Å²) in [5.41, 5.74) is 0.0734. The summed E-state index contributed by atoms with van der Waals surface area (Å²) in [6, 6.07) is 11.2. The minimum Gasteiger partial charge on any atom is -0.461 e. The summed E-state index contributed by atoms with van der Waals surface area (Å²) in [6.45, 7) is 2.06. The van der Waals surface area contributed by atoms with E-state index in [0.29, 0.717) is 52.0 Å². The number of benzene rings is 2. The summed E-state index contributed by atoms with van der Waals surface area (Å²) in [6.07, 6.45) is 6.43. The van der Waals surface area contributed by atoms with Crippen LogP contribution in [0, 0.1) is 17.7 Å². The molecule has 0 amide bonds. The van der Waals surface area contributed by atoms with Crippen LogP contribution in [0.15, 0.2) is 42.6 Å². The maximum Gasteiger partial charge on any atom is 0.319 e. The average Bonchev–Trinajstić information content (AvgIpc) is 3.59. The highest BCUT2D eigenvalue weighted by atomic mass is 35.5. The van der Waals surface area contributed by atoms with E-state index in [1.54, 1.807) is 18.3 Å². The second kappa shape index (κ2) is 9.67. The lowest BCUT2D eigenvalue weighted by Gasteiger charge is -2.34. The van der Waals surface area contributed by atoms with Crippen LogP contribution in [0.5, 0.6) is 6.01 Å². The second-order valence-corrected chi connectivity index (χ2v) is 13.1. The van der Waals surface area contributed by atoms with Crippen LogP contribution >= 0.6 is 11.6 Å². The zero-order chi connectivity index (χ0) is 28.6. The third kappa shape index (κ3) is 4.30. The number of hydrogen-bond acceptors (Lipinski definition) is 6. The molecule has 1 aliphatic carbocycles. The molecule has 3 saturated heterocycles. The van der Waals surface area contributed by atoms with Crippen molar-refractivity contribution in [3.05, 3.63) is 53.4 Å². The lowest BCUT2D eigenvalue weighted by atomic mass is 9.94. The number of rotatable bonds is 5. The van der Waals surface area contributed by atoms with Crippen LogP contribution in [0.2, 0.25) is 5.02 Å². The van der Waals surface area contributed by atoms with Crippen LogP contribution in [0.3, 0.4) is 0 Å². The van der Waals surface area contributed by atoms with Gasteiger partial charge in [-0.1, -0.05) is 41.9 Å². The minimum absolute atomic E-state index is 0.0128. The Labute approximate surface area is 246 Å². The first-order chi connectivity index (χ1) is 20.3. The molecule has 4 fully saturated rings. The second-order valence-electron chi connectivity index (χ2n) is 12.7. The number of piperidine rings is 1. The van der Waals surface area contributed by atoms with Gasteiger partial charge < -0.3 is 9.64 Å². The lowest BCUT2D eigenvalue weighted by molar-refractivity contribution is 0.00804. The molecule has 218 valence electrons. The van der Waals surface area contributed by atoms with Crippen molar-refractivity contribution in [2.75, 3.05) is 37.7 Å². The summed E-state index contributed by atoms with van der Waals surface area (Å²) in [5, 5.41) is 2.62. The summed E-state index contributed by atoms with van der Waals surface area (Å²) >= 11 is 6.58. The molecule has 8 rings (SSSR count). The van der Waals surface area contributed by atoms with Crippen molar-refractivity contribution in [2.24, 2.45) is 11.8 Å². The van der Waals surface area contributed by atoms with E-state index in [1.165, 1.54) is 19.3 Å². The zero-order valence-corrected chi connectivity index (χ0v) is 23.9. The van der Waals surface area contributed by atoms with Crippen LogP contribution in [-0.4, -0.2) is 64.1 Å². The lowest BCUT2D eigenvalue weighted by Crippen LogP contribution is -2.43. The van der Waals surface area contributed by atoms with Gasteiger partial charge in [0.15, 0.2) is 5.82 Å². The molecule has 5 heterocycles. The molecule has 0 radical (unpaired) electrons. The van der Waals surface area contributed by atoms with Gasteiger partial charge in [0.1, 0.15) is 23.6 Å². The van der Waals surface area contributed by atoms with E-state index in [4.69, 9.17) is 21.3 Å². The molecule has 2 aromatic carbocycles. The third-order valence-corrected chi connectivity index (χ3v) is 10.2. The summed E-state index contributed by atoms with van der Waals surface area (Å²) in [5.74, 6) is -1.60. The first kappa shape index (κ1) is 26.5. The van der Waals surface area contributed by atoms with E-state index in [0.717, 1.165) is 24.9 Å². The molecule has 2 bridgehead atoms. The van der Waals surface area contributed by atoms with Gasteiger partial charge in [-0.05, 0) is 61.9 Å². The van der Waals surface area contributed by atoms with Crippen molar-refractivity contribution in [2.45, 2.75) is 50.0 Å². The van der Waals surface area contributed by atoms with Gasteiger partial charge in [0.25, 0.3) is 5.92 Å². The maximum absolute atomic E-state index is 16.6. The summed E-state index contributed by atoms with van der Waals surface area (Å²) in [4.78, 5) is 18.0. The van der Waals surface area contributed by atoms with Gasteiger partial charge >= 0.3 is 6.01 Å². The van der Waals surface area contributed by atoms with Crippen LogP contribution in [0.25, 0.3) is 32.9 Å². The number of hydrogen-bond donors (Lipinski definition) is 0. The predicted molar refractivity (Wildman–Crippen MR) is 157 cm³/mol. The molecule has 1 saturated carbocycles. The van der Waals surface area contributed by atoms with E-state index < -0.39 is 17.3 Å². The SMILES string of the molecule is Fc1c(-c2cccc3cccc(Cl)c23)ncc2c(N3CC4CCC(C4)C3)nc(OCC34CCCN3CC(F)(F)C4)nc12. The highest BCUT2D eigenvalue weighted by Gasteiger charge is 2.57. The van der Waals surface area contributed by atoms with E-state index in [9.17, 15) is 8.78 Å². The topological polar surface area (TPSA) is 54.4 Å². The van der Waals surface area contributed by atoms with Crippen molar-refractivity contribution in [3.63, 3.8) is 0 Å². The standard InChI is InChI=1S/C32H31ClF3N5O/c33-24-7-2-5-21-4-1-6-22(25(21)24)27-26(34)28-23(13-37-27)29(40-14-19-8-9-20(12-19)15-40)39-30(38-28)42-18-31-10-3-11-41(31)17-32(35,36)16-31/h1-2,4-7,13,19-20H,3,8-12,14-18H2. The fraction of sp³-hybridized carbons (Fsp3) is 0.469. The minimum atomic E-state index is -2.75. The number of anilines is 1. The molecular formula is C32H31ClF3N5O. The highest BCUT2D eigenvalue weighted by molar-refractivity contribution is 6.36. The fourth-order valence-corrected chi connectivity index (χ4v) is 8.34. The number of ether oxygens (including phenoxy) is 1. The van der Waals surface area contributed by atoms with Gasteiger partial charge in [-0.25, -0.2) is 13.2 Å². The van der Waals surface area contributed by atoms with Gasteiger partial charge in [0.05, 0.1) is 17.5 Å². The molecule has 3 unspecified atom stereocenters. The van der Waals surface area contributed by atoms with Gasteiger partial charge in [0, 0.05) is 41.7 Å². The number of pyridine rings is 1. The van der Waals surface area contributed by atoms with Gasteiger partial charge in [0.2, 0.25) is 0 Å². The molecule has 3 atom stereocenters. The van der Waals surface area contributed by atoms with Crippen molar-refractivity contribution < 1.29 is 17.9 Å². The van der Waals surface area contributed by atoms with Crippen LogP contribution < -0.4 is 9.64 Å². The third-order valence-electron chi connectivity index (χ3n) is 9.88. The first-order valence-electron chi connectivity index (χ1n) is 14.8.